The second-order valence-corrected chi connectivity index (χ2v) is 6.94. The number of rotatable bonds is 4. The zero-order valence-electron chi connectivity index (χ0n) is 16.1. The molecule has 3 heterocycles. The second kappa shape index (κ2) is 8.22. The van der Waals surface area contributed by atoms with E-state index in [2.05, 4.69) is 9.97 Å². The largest absolute Gasteiger partial charge is 0.449 e. The molecule has 4 rings (SSSR count). The highest BCUT2D eigenvalue weighted by atomic mass is 19.4. The van der Waals surface area contributed by atoms with Crippen molar-refractivity contribution in [3.05, 3.63) is 47.9 Å². The number of imidazole rings is 1. The lowest BCUT2D eigenvalue weighted by atomic mass is 10.1. The van der Waals surface area contributed by atoms with Gasteiger partial charge in [0, 0.05) is 30.4 Å². The van der Waals surface area contributed by atoms with Gasteiger partial charge in [-0.25, -0.2) is 13.8 Å². The van der Waals surface area contributed by atoms with E-state index in [0.29, 0.717) is 42.0 Å². The Balaban J connectivity index is 1.72. The van der Waals surface area contributed by atoms with Crippen molar-refractivity contribution in [3.8, 4) is 11.3 Å². The van der Waals surface area contributed by atoms with E-state index in [9.17, 15) is 26.7 Å². The van der Waals surface area contributed by atoms with Crippen molar-refractivity contribution >= 4 is 16.9 Å². The average Bonchev–Trinajstić information content (AvgIpc) is 3.12. The molecule has 1 aliphatic heterocycles. The number of aromatic nitrogens is 3. The Labute approximate surface area is 173 Å². The van der Waals surface area contributed by atoms with E-state index in [4.69, 9.17) is 4.74 Å². The van der Waals surface area contributed by atoms with Gasteiger partial charge in [0.25, 0.3) is 12.3 Å². The zero-order chi connectivity index (χ0) is 22.2. The van der Waals surface area contributed by atoms with Crippen LogP contribution in [0.25, 0.3) is 22.3 Å². The third kappa shape index (κ3) is 4.22. The fourth-order valence-electron chi connectivity index (χ4n) is 3.52. The summed E-state index contributed by atoms with van der Waals surface area (Å²) in [5.41, 5.74) is 0.715. The minimum Gasteiger partial charge on any atom is -0.378 e. The molecule has 1 saturated heterocycles. The van der Waals surface area contributed by atoms with Crippen LogP contribution < -0.4 is 0 Å². The maximum Gasteiger partial charge on any atom is 0.449 e. The smallest absolute Gasteiger partial charge is 0.378 e. The molecular formula is C20H17F5N4O2. The van der Waals surface area contributed by atoms with Crippen molar-refractivity contribution in [1.82, 2.24) is 19.4 Å². The normalized spacial score (nSPS) is 15.1. The molecule has 1 aliphatic rings. The molecule has 6 nitrogen and oxygen atoms in total. The molecule has 164 valence electrons. The fourth-order valence-corrected chi connectivity index (χ4v) is 3.52. The summed E-state index contributed by atoms with van der Waals surface area (Å²) < 4.78 is 71.7. The maximum absolute atomic E-state index is 13.4. The Bertz CT molecular complexity index is 1090. The molecule has 3 aromatic rings. The SMILES string of the molecule is O=C(c1ccc(-c2nccc3c2nc(C(F)(F)F)n3CC(F)F)cc1)N1CCOCC1. The summed E-state index contributed by atoms with van der Waals surface area (Å²) in [6.07, 6.45) is -6.64. The van der Waals surface area contributed by atoms with Crippen LogP contribution in [0.2, 0.25) is 0 Å². The number of halogens is 5. The van der Waals surface area contributed by atoms with Gasteiger partial charge in [-0.15, -0.1) is 0 Å². The molecule has 11 heteroatoms. The highest BCUT2D eigenvalue weighted by molar-refractivity contribution is 5.96. The van der Waals surface area contributed by atoms with Crippen molar-refractivity contribution in [1.29, 1.82) is 0 Å². The minimum atomic E-state index is -4.90. The Hall–Kier alpha value is -3.08. The summed E-state index contributed by atoms with van der Waals surface area (Å²) >= 11 is 0. The van der Waals surface area contributed by atoms with Gasteiger partial charge in [0.1, 0.15) is 5.52 Å². The molecule has 1 amide bonds. The molecule has 0 atom stereocenters. The number of fused-ring (bicyclic) bond motifs is 1. The van der Waals surface area contributed by atoms with E-state index in [1.807, 2.05) is 0 Å². The number of amides is 1. The van der Waals surface area contributed by atoms with E-state index in [1.54, 1.807) is 29.2 Å². The molecule has 0 aliphatic carbocycles. The van der Waals surface area contributed by atoms with Crippen LogP contribution in [0.15, 0.2) is 36.5 Å². The number of pyridine rings is 1. The lowest BCUT2D eigenvalue weighted by molar-refractivity contribution is -0.147. The Morgan fingerprint density at radius 3 is 2.39 bits per heavy atom. The number of hydrogen-bond acceptors (Lipinski definition) is 4. The van der Waals surface area contributed by atoms with Crippen molar-refractivity contribution in [3.63, 3.8) is 0 Å². The van der Waals surface area contributed by atoms with E-state index >= 15 is 0 Å². The fraction of sp³-hybridized carbons (Fsp3) is 0.350. The molecule has 0 radical (unpaired) electrons. The first-order valence-electron chi connectivity index (χ1n) is 9.44. The van der Waals surface area contributed by atoms with Gasteiger partial charge in [-0.05, 0) is 18.2 Å². The molecule has 1 fully saturated rings. The van der Waals surface area contributed by atoms with E-state index in [-0.39, 0.29) is 22.6 Å². The quantitative estimate of drug-likeness (QED) is 0.579. The molecular weight excluding hydrogens is 423 g/mol. The first kappa shape index (κ1) is 21.2. The predicted molar refractivity (Wildman–Crippen MR) is 101 cm³/mol. The number of morpholine rings is 1. The highest BCUT2D eigenvalue weighted by Gasteiger charge is 2.38. The zero-order valence-corrected chi connectivity index (χ0v) is 16.1. The lowest BCUT2D eigenvalue weighted by Crippen LogP contribution is -2.40. The van der Waals surface area contributed by atoms with Crippen LogP contribution in [0.4, 0.5) is 22.0 Å². The van der Waals surface area contributed by atoms with E-state index in [1.165, 1.54) is 12.3 Å². The molecule has 1 aromatic carbocycles. The van der Waals surface area contributed by atoms with Gasteiger partial charge in [-0.2, -0.15) is 13.2 Å². The number of nitrogens with zero attached hydrogens (tertiary/aromatic N) is 4. The lowest BCUT2D eigenvalue weighted by Gasteiger charge is -2.26. The number of alkyl halides is 5. The number of carbonyl (C=O) groups is 1. The van der Waals surface area contributed by atoms with Crippen molar-refractivity contribution < 1.29 is 31.5 Å². The predicted octanol–water partition coefficient (Wildman–Crippen LogP) is 3.85. The third-order valence-electron chi connectivity index (χ3n) is 4.94. The van der Waals surface area contributed by atoms with Crippen LogP contribution >= 0.6 is 0 Å². The molecule has 0 bridgehead atoms. The number of hydrogen-bond donors (Lipinski definition) is 0. The Morgan fingerprint density at radius 2 is 1.77 bits per heavy atom. The summed E-state index contributed by atoms with van der Waals surface area (Å²) in [5, 5.41) is 0. The van der Waals surface area contributed by atoms with Gasteiger partial charge in [-0.1, -0.05) is 12.1 Å². The van der Waals surface area contributed by atoms with Gasteiger partial charge in [0.05, 0.1) is 31.0 Å². The van der Waals surface area contributed by atoms with Crippen molar-refractivity contribution in [2.75, 3.05) is 26.3 Å². The van der Waals surface area contributed by atoms with Gasteiger partial charge >= 0.3 is 6.18 Å². The Morgan fingerprint density at radius 1 is 1.10 bits per heavy atom. The molecule has 0 unspecified atom stereocenters. The number of carbonyl (C=O) groups excluding carboxylic acids is 1. The van der Waals surface area contributed by atoms with Crippen LogP contribution in [0.1, 0.15) is 16.2 Å². The van der Waals surface area contributed by atoms with Gasteiger partial charge in [0.15, 0.2) is 0 Å². The third-order valence-corrected chi connectivity index (χ3v) is 4.94. The molecule has 31 heavy (non-hydrogen) atoms. The molecule has 0 saturated carbocycles. The topological polar surface area (TPSA) is 60.2 Å². The Kier molecular flexibility index (Phi) is 5.61. The maximum atomic E-state index is 13.4. The van der Waals surface area contributed by atoms with Crippen molar-refractivity contribution in [2.24, 2.45) is 0 Å². The first-order chi connectivity index (χ1) is 14.8. The minimum absolute atomic E-state index is 0.0916. The monoisotopic (exact) mass is 440 g/mol. The van der Waals surface area contributed by atoms with Gasteiger partial charge < -0.3 is 14.2 Å². The van der Waals surface area contributed by atoms with Crippen LogP contribution in [0.3, 0.4) is 0 Å². The number of benzene rings is 1. The van der Waals surface area contributed by atoms with E-state index in [0.717, 1.165) is 0 Å². The highest BCUT2D eigenvalue weighted by Crippen LogP contribution is 2.35. The van der Waals surface area contributed by atoms with Gasteiger partial charge in [-0.3, -0.25) is 9.78 Å². The second-order valence-electron chi connectivity index (χ2n) is 6.94. The molecule has 0 spiro atoms. The van der Waals surface area contributed by atoms with Crippen LogP contribution in [0.5, 0.6) is 0 Å². The first-order valence-corrected chi connectivity index (χ1v) is 9.44. The van der Waals surface area contributed by atoms with Crippen LogP contribution in [0, 0.1) is 0 Å². The summed E-state index contributed by atoms with van der Waals surface area (Å²) in [4.78, 5) is 21.9. The number of ether oxygens (including phenoxy) is 1. The summed E-state index contributed by atoms with van der Waals surface area (Å²) in [7, 11) is 0. The van der Waals surface area contributed by atoms with Crippen LogP contribution in [-0.2, 0) is 17.5 Å². The molecule has 0 N–H and O–H groups in total. The van der Waals surface area contributed by atoms with Crippen LogP contribution in [-0.4, -0.2) is 58.1 Å². The standard InChI is InChI=1S/C20H17F5N4O2/c21-15(22)11-29-14-5-6-26-16(17(14)27-19(29)20(23,24)25)12-1-3-13(4-2-12)18(30)28-7-9-31-10-8-28/h1-6,15H,7-11H2. The summed E-state index contributed by atoms with van der Waals surface area (Å²) in [6, 6.07) is 7.42. The van der Waals surface area contributed by atoms with E-state index < -0.39 is 25.0 Å². The summed E-state index contributed by atoms with van der Waals surface area (Å²) in [6.45, 7) is 0.728. The average molecular weight is 440 g/mol. The summed E-state index contributed by atoms with van der Waals surface area (Å²) in [5.74, 6) is -1.59. The van der Waals surface area contributed by atoms with Gasteiger partial charge in [0.2, 0.25) is 5.82 Å². The van der Waals surface area contributed by atoms with Crippen molar-refractivity contribution in [2.45, 2.75) is 19.1 Å². The molecule has 2 aromatic heterocycles.